The van der Waals surface area contributed by atoms with Crippen molar-refractivity contribution in [2.75, 3.05) is 5.32 Å². The zero-order chi connectivity index (χ0) is 18.0. The molecular weight excluding hydrogens is 365 g/mol. The highest BCUT2D eigenvalue weighted by Gasteiger charge is 2.18. The third-order valence-electron chi connectivity index (χ3n) is 3.50. The standard InChI is InChI=1S/C17H13ClFN3O2S/c1-9-13-8-10(18)2-7-14(13)24-15(9)16(23)21-22-17(25)20-12-5-3-11(19)4-6-12/h2-8H,1H3,(H,21,23)(H2,20,22,25). The molecule has 0 aliphatic rings. The van der Waals surface area contributed by atoms with E-state index in [9.17, 15) is 9.18 Å². The number of furan rings is 1. The highest BCUT2D eigenvalue weighted by molar-refractivity contribution is 7.80. The minimum absolute atomic E-state index is 0.150. The van der Waals surface area contributed by atoms with Crippen LogP contribution in [0.25, 0.3) is 11.0 Å². The molecule has 1 heterocycles. The number of amides is 1. The minimum Gasteiger partial charge on any atom is -0.451 e. The maximum absolute atomic E-state index is 12.9. The topological polar surface area (TPSA) is 66.3 Å². The van der Waals surface area contributed by atoms with E-state index < -0.39 is 5.91 Å². The van der Waals surface area contributed by atoms with Crippen LogP contribution in [0.1, 0.15) is 16.1 Å². The number of hydrazine groups is 1. The van der Waals surface area contributed by atoms with Gasteiger partial charge >= 0.3 is 5.91 Å². The lowest BCUT2D eigenvalue weighted by molar-refractivity contribution is 0.0917. The first kappa shape index (κ1) is 17.2. The van der Waals surface area contributed by atoms with Crippen LogP contribution in [0, 0.1) is 12.7 Å². The molecule has 0 unspecified atom stereocenters. The highest BCUT2D eigenvalue weighted by Crippen LogP contribution is 2.27. The number of thiocarbonyl (C=S) groups is 1. The Labute approximate surface area is 153 Å². The molecule has 0 atom stereocenters. The number of hydrogen-bond donors (Lipinski definition) is 3. The van der Waals surface area contributed by atoms with Crippen LogP contribution in [-0.2, 0) is 0 Å². The van der Waals surface area contributed by atoms with Crippen LogP contribution in [-0.4, -0.2) is 11.0 Å². The van der Waals surface area contributed by atoms with Crippen molar-refractivity contribution in [2.24, 2.45) is 0 Å². The average Bonchev–Trinajstić information content (AvgIpc) is 2.91. The largest absolute Gasteiger partial charge is 0.451 e. The smallest absolute Gasteiger partial charge is 0.305 e. The summed E-state index contributed by atoms with van der Waals surface area (Å²) in [5, 5.41) is 4.29. The molecule has 0 fully saturated rings. The zero-order valence-electron chi connectivity index (χ0n) is 13.0. The van der Waals surface area contributed by atoms with E-state index in [0.717, 1.165) is 5.39 Å². The van der Waals surface area contributed by atoms with Crippen molar-refractivity contribution in [1.29, 1.82) is 0 Å². The third kappa shape index (κ3) is 3.89. The van der Waals surface area contributed by atoms with Gasteiger partial charge in [0, 0.05) is 21.7 Å². The molecule has 0 aliphatic heterocycles. The number of carbonyl (C=O) groups is 1. The fourth-order valence-electron chi connectivity index (χ4n) is 2.28. The van der Waals surface area contributed by atoms with Gasteiger partial charge in [0.1, 0.15) is 11.4 Å². The van der Waals surface area contributed by atoms with Gasteiger partial charge in [-0.25, -0.2) is 4.39 Å². The SMILES string of the molecule is Cc1c(C(=O)NNC(=S)Nc2ccc(F)cc2)oc2ccc(Cl)cc12. The van der Waals surface area contributed by atoms with E-state index >= 15 is 0 Å². The molecule has 3 aromatic rings. The second-order valence-electron chi connectivity index (χ2n) is 5.24. The number of fused-ring (bicyclic) bond motifs is 1. The number of benzene rings is 2. The molecular formula is C17H13ClFN3O2S. The molecule has 3 rings (SSSR count). The molecule has 5 nitrogen and oxygen atoms in total. The van der Waals surface area contributed by atoms with Gasteiger partial charge < -0.3 is 9.73 Å². The van der Waals surface area contributed by atoms with E-state index in [4.69, 9.17) is 28.2 Å². The van der Waals surface area contributed by atoms with Crippen LogP contribution < -0.4 is 16.2 Å². The molecule has 0 saturated heterocycles. The van der Waals surface area contributed by atoms with Crippen molar-refractivity contribution in [1.82, 2.24) is 10.9 Å². The van der Waals surface area contributed by atoms with E-state index in [1.54, 1.807) is 25.1 Å². The van der Waals surface area contributed by atoms with Crippen molar-refractivity contribution in [3.8, 4) is 0 Å². The van der Waals surface area contributed by atoms with Gasteiger partial charge in [-0.05, 0) is 61.6 Å². The first-order chi connectivity index (χ1) is 11.9. The summed E-state index contributed by atoms with van der Waals surface area (Å²) >= 11 is 11.0. The van der Waals surface area contributed by atoms with Crippen LogP contribution in [0.4, 0.5) is 10.1 Å². The summed E-state index contributed by atoms with van der Waals surface area (Å²) in [6.45, 7) is 1.77. The maximum atomic E-state index is 12.9. The molecule has 0 bridgehead atoms. The molecule has 0 spiro atoms. The Hall–Kier alpha value is -2.64. The number of nitrogens with one attached hydrogen (secondary N) is 3. The van der Waals surface area contributed by atoms with E-state index in [1.807, 2.05) is 0 Å². The van der Waals surface area contributed by atoms with Crippen LogP contribution >= 0.6 is 23.8 Å². The molecule has 3 N–H and O–H groups in total. The molecule has 2 aromatic carbocycles. The van der Waals surface area contributed by atoms with Crippen molar-refractivity contribution in [2.45, 2.75) is 6.92 Å². The Balaban J connectivity index is 1.65. The summed E-state index contributed by atoms with van der Waals surface area (Å²) in [7, 11) is 0. The molecule has 25 heavy (non-hydrogen) atoms. The maximum Gasteiger partial charge on any atom is 0.305 e. The Bertz CT molecular complexity index is 956. The summed E-state index contributed by atoms with van der Waals surface area (Å²) in [6.07, 6.45) is 0. The molecule has 1 aromatic heterocycles. The molecule has 1 amide bonds. The lowest BCUT2D eigenvalue weighted by Crippen LogP contribution is -2.43. The van der Waals surface area contributed by atoms with Gasteiger partial charge in [-0.15, -0.1) is 0 Å². The van der Waals surface area contributed by atoms with E-state index in [0.29, 0.717) is 21.9 Å². The Morgan fingerprint density at radius 2 is 1.88 bits per heavy atom. The van der Waals surface area contributed by atoms with Crippen LogP contribution in [0.5, 0.6) is 0 Å². The number of halogens is 2. The van der Waals surface area contributed by atoms with Gasteiger partial charge in [0.2, 0.25) is 0 Å². The molecule has 0 aliphatic carbocycles. The van der Waals surface area contributed by atoms with Crippen molar-refractivity contribution in [3.05, 3.63) is 64.6 Å². The lowest BCUT2D eigenvalue weighted by atomic mass is 10.1. The number of carbonyl (C=O) groups excluding carboxylic acids is 1. The Morgan fingerprint density at radius 1 is 1.16 bits per heavy atom. The van der Waals surface area contributed by atoms with Gasteiger partial charge in [0.15, 0.2) is 10.9 Å². The fraction of sp³-hybridized carbons (Fsp3) is 0.0588. The van der Waals surface area contributed by atoms with Gasteiger partial charge in [-0.3, -0.25) is 15.6 Å². The Morgan fingerprint density at radius 3 is 2.60 bits per heavy atom. The number of anilines is 1. The molecule has 128 valence electrons. The predicted octanol–water partition coefficient (Wildman–Crippen LogP) is 4.17. The summed E-state index contributed by atoms with van der Waals surface area (Å²) in [6, 6.07) is 10.8. The summed E-state index contributed by atoms with van der Waals surface area (Å²) in [4.78, 5) is 12.3. The summed E-state index contributed by atoms with van der Waals surface area (Å²) in [5.41, 5.74) is 6.85. The normalized spacial score (nSPS) is 10.5. The lowest BCUT2D eigenvalue weighted by Gasteiger charge is -2.11. The molecule has 0 saturated carbocycles. The first-order valence-electron chi connectivity index (χ1n) is 7.25. The summed E-state index contributed by atoms with van der Waals surface area (Å²) < 4.78 is 18.4. The van der Waals surface area contributed by atoms with E-state index in [1.165, 1.54) is 24.3 Å². The van der Waals surface area contributed by atoms with Crippen molar-refractivity contribution < 1.29 is 13.6 Å². The zero-order valence-corrected chi connectivity index (χ0v) is 14.6. The first-order valence-corrected chi connectivity index (χ1v) is 8.04. The predicted molar refractivity (Wildman–Crippen MR) is 99.2 cm³/mol. The molecule has 0 radical (unpaired) electrons. The second-order valence-corrected chi connectivity index (χ2v) is 6.08. The third-order valence-corrected chi connectivity index (χ3v) is 3.94. The van der Waals surface area contributed by atoms with Crippen LogP contribution in [0.15, 0.2) is 46.9 Å². The average molecular weight is 378 g/mol. The van der Waals surface area contributed by atoms with Gasteiger partial charge in [-0.1, -0.05) is 11.6 Å². The van der Waals surface area contributed by atoms with E-state index in [2.05, 4.69) is 16.2 Å². The minimum atomic E-state index is -0.479. The number of rotatable bonds is 2. The van der Waals surface area contributed by atoms with Crippen molar-refractivity contribution in [3.63, 3.8) is 0 Å². The second kappa shape index (κ2) is 7.08. The van der Waals surface area contributed by atoms with Gasteiger partial charge in [0.05, 0.1) is 0 Å². The van der Waals surface area contributed by atoms with Crippen molar-refractivity contribution >= 4 is 51.5 Å². The van der Waals surface area contributed by atoms with Crippen LogP contribution in [0.2, 0.25) is 5.02 Å². The highest BCUT2D eigenvalue weighted by atomic mass is 35.5. The summed E-state index contributed by atoms with van der Waals surface area (Å²) in [5.74, 6) is -0.666. The van der Waals surface area contributed by atoms with Crippen LogP contribution in [0.3, 0.4) is 0 Å². The molecule has 8 heteroatoms. The fourth-order valence-corrected chi connectivity index (χ4v) is 2.62. The van der Waals surface area contributed by atoms with E-state index in [-0.39, 0.29) is 16.7 Å². The quantitative estimate of drug-likeness (QED) is 0.462. The monoisotopic (exact) mass is 377 g/mol. The number of aryl methyl sites for hydroxylation is 1. The van der Waals surface area contributed by atoms with Gasteiger partial charge in [-0.2, -0.15) is 0 Å². The number of hydrogen-bond acceptors (Lipinski definition) is 3. The Kier molecular flexibility index (Phi) is 4.87. The van der Waals surface area contributed by atoms with Gasteiger partial charge in [0.25, 0.3) is 0 Å².